The highest BCUT2D eigenvalue weighted by atomic mass is 19.1. The lowest BCUT2D eigenvalue weighted by Gasteiger charge is -2.35. The Morgan fingerprint density at radius 3 is 2.50 bits per heavy atom. The molecule has 0 aliphatic carbocycles. The van der Waals surface area contributed by atoms with Crippen LogP contribution in [0.4, 0.5) is 4.39 Å². The monoisotopic (exact) mass is 414 g/mol. The highest BCUT2D eigenvalue weighted by molar-refractivity contribution is 5.79. The zero-order valence-corrected chi connectivity index (χ0v) is 17.9. The van der Waals surface area contributed by atoms with E-state index in [1.54, 1.807) is 19.1 Å². The van der Waals surface area contributed by atoms with Crippen LogP contribution in [0.25, 0.3) is 11.4 Å². The van der Waals surface area contributed by atoms with Crippen molar-refractivity contribution < 1.29 is 13.7 Å². The fourth-order valence-corrected chi connectivity index (χ4v) is 4.55. The van der Waals surface area contributed by atoms with Crippen LogP contribution in [-0.4, -0.2) is 52.0 Å². The summed E-state index contributed by atoms with van der Waals surface area (Å²) in [5.74, 6) is 1.27. The lowest BCUT2D eigenvalue weighted by Crippen LogP contribution is -2.43. The SMILES string of the molecule is Cc1cc(-c2noc(C(C)N3CCC(C(=O)N4CCCCCC4)CC3)n2)ccc1F. The first kappa shape index (κ1) is 21.0. The summed E-state index contributed by atoms with van der Waals surface area (Å²) in [6.45, 7) is 7.31. The number of halogens is 1. The Morgan fingerprint density at radius 2 is 1.83 bits per heavy atom. The summed E-state index contributed by atoms with van der Waals surface area (Å²) >= 11 is 0. The van der Waals surface area contributed by atoms with Gasteiger partial charge in [0.05, 0.1) is 6.04 Å². The number of aromatic nitrogens is 2. The Bertz CT molecular complexity index is 868. The van der Waals surface area contributed by atoms with E-state index in [0.717, 1.165) is 57.4 Å². The van der Waals surface area contributed by atoms with Crippen LogP contribution in [0.15, 0.2) is 22.7 Å². The maximum atomic E-state index is 13.5. The highest BCUT2D eigenvalue weighted by Gasteiger charge is 2.32. The molecule has 0 bridgehead atoms. The minimum Gasteiger partial charge on any atom is -0.342 e. The Morgan fingerprint density at radius 1 is 1.13 bits per heavy atom. The average molecular weight is 415 g/mol. The van der Waals surface area contributed by atoms with Crippen molar-refractivity contribution in [2.45, 2.75) is 58.4 Å². The van der Waals surface area contributed by atoms with Gasteiger partial charge in [0.2, 0.25) is 17.6 Å². The van der Waals surface area contributed by atoms with Gasteiger partial charge in [0.25, 0.3) is 0 Å². The summed E-state index contributed by atoms with van der Waals surface area (Å²) in [4.78, 5) is 21.8. The maximum Gasteiger partial charge on any atom is 0.244 e. The molecular weight excluding hydrogens is 383 g/mol. The molecule has 30 heavy (non-hydrogen) atoms. The summed E-state index contributed by atoms with van der Waals surface area (Å²) in [6, 6.07) is 4.81. The van der Waals surface area contributed by atoms with Crippen molar-refractivity contribution in [1.82, 2.24) is 19.9 Å². The third-order valence-corrected chi connectivity index (χ3v) is 6.56. The van der Waals surface area contributed by atoms with Gasteiger partial charge < -0.3 is 9.42 Å². The first-order valence-corrected chi connectivity index (χ1v) is 11.2. The van der Waals surface area contributed by atoms with Crippen molar-refractivity contribution in [1.29, 1.82) is 0 Å². The van der Waals surface area contributed by atoms with Gasteiger partial charge in [-0.2, -0.15) is 4.98 Å². The van der Waals surface area contributed by atoms with Crippen LogP contribution < -0.4 is 0 Å². The molecule has 1 aromatic carbocycles. The van der Waals surface area contributed by atoms with E-state index in [1.165, 1.54) is 18.9 Å². The van der Waals surface area contributed by atoms with E-state index < -0.39 is 0 Å². The van der Waals surface area contributed by atoms with Gasteiger partial charge in [-0.05, 0) is 76.4 Å². The molecule has 2 aliphatic rings. The maximum absolute atomic E-state index is 13.5. The first-order valence-electron chi connectivity index (χ1n) is 11.2. The fraction of sp³-hybridized carbons (Fsp3) is 0.609. The van der Waals surface area contributed by atoms with E-state index >= 15 is 0 Å². The van der Waals surface area contributed by atoms with Crippen LogP contribution in [0.1, 0.15) is 62.9 Å². The standard InChI is InChI=1S/C23H31FN4O2/c1-16-15-19(7-8-20(16)24)21-25-22(30-26-21)17(2)27-13-9-18(10-14-27)23(29)28-11-5-3-4-6-12-28/h7-8,15,17-18H,3-6,9-14H2,1-2H3. The minimum atomic E-state index is -0.242. The zero-order chi connectivity index (χ0) is 21.1. The second-order valence-electron chi connectivity index (χ2n) is 8.65. The van der Waals surface area contributed by atoms with Crippen molar-refractivity contribution in [3.8, 4) is 11.4 Å². The van der Waals surface area contributed by atoms with Gasteiger partial charge in [-0.1, -0.05) is 18.0 Å². The predicted octanol–water partition coefficient (Wildman–Crippen LogP) is 4.36. The molecule has 7 heteroatoms. The number of hydrogen-bond donors (Lipinski definition) is 0. The number of benzene rings is 1. The largest absolute Gasteiger partial charge is 0.342 e. The van der Waals surface area contributed by atoms with Crippen molar-refractivity contribution in [2.75, 3.05) is 26.2 Å². The van der Waals surface area contributed by atoms with E-state index in [9.17, 15) is 9.18 Å². The molecule has 0 saturated carbocycles. The quantitative estimate of drug-likeness (QED) is 0.744. The lowest BCUT2D eigenvalue weighted by atomic mass is 9.94. The molecule has 2 fully saturated rings. The van der Waals surface area contributed by atoms with Gasteiger partial charge in [-0.15, -0.1) is 0 Å². The number of aryl methyl sites for hydroxylation is 1. The third kappa shape index (κ3) is 4.56. The Labute approximate surface area is 177 Å². The van der Waals surface area contributed by atoms with Crippen molar-refractivity contribution in [3.05, 3.63) is 35.5 Å². The van der Waals surface area contributed by atoms with Gasteiger partial charge in [-0.3, -0.25) is 9.69 Å². The minimum absolute atomic E-state index is 0.0120. The molecule has 0 spiro atoms. The van der Waals surface area contributed by atoms with Crippen molar-refractivity contribution in [3.63, 3.8) is 0 Å². The molecule has 162 valence electrons. The number of carbonyl (C=O) groups is 1. The van der Waals surface area contributed by atoms with Gasteiger partial charge in [-0.25, -0.2) is 4.39 Å². The summed E-state index contributed by atoms with van der Waals surface area (Å²) in [6.07, 6.45) is 6.49. The van der Waals surface area contributed by atoms with Crippen LogP contribution in [0, 0.1) is 18.7 Å². The van der Waals surface area contributed by atoms with Crippen LogP contribution in [0.2, 0.25) is 0 Å². The molecule has 6 nitrogen and oxygen atoms in total. The number of hydrogen-bond acceptors (Lipinski definition) is 5. The van der Waals surface area contributed by atoms with Crippen molar-refractivity contribution in [2.24, 2.45) is 5.92 Å². The number of carbonyl (C=O) groups excluding carboxylic acids is 1. The fourth-order valence-electron chi connectivity index (χ4n) is 4.55. The smallest absolute Gasteiger partial charge is 0.244 e. The lowest BCUT2D eigenvalue weighted by molar-refractivity contribution is -0.137. The van der Waals surface area contributed by atoms with Crippen LogP contribution in [0.5, 0.6) is 0 Å². The molecule has 4 rings (SSSR count). The number of nitrogens with zero attached hydrogens (tertiary/aromatic N) is 4. The predicted molar refractivity (Wildman–Crippen MR) is 112 cm³/mol. The number of amides is 1. The molecule has 2 aromatic rings. The Balaban J connectivity index is 1.35. The van der Waals surface area contributed by atoms with Crippen molar-refractivity contribution >= 4 is 5.91 Å². The summed E-state index contributed by atoms with van der Waals surface area (Å²) in [5.41, 5.74) is 1.31. The molecule has 1 atom stereocenters. The normalized spacial score (nSPS) is 20.2. The van der Waals surface area contributed by atoms with Gasteiger partial charge in [0, 0.05) is 24.6 Å². The van der Waals surface area contributed by atoms with Crippen LogP contribution in [0.3, 0.4) is 0 Å². The number of piperidine rings is 1. The Kier molecular flexibility index (Phi) is 6.46. The number of likely N-dealkylation sites (tertiary alicyclic amines) is 2. The van der Waals surface area contributed by atoms with Gasteiger partial charge >= 0.3 is 0 Å². The van der Waals surface area contributed by atoms with E-state index in [4.69, 9.17) is 4.52 Å². The second-order valence-corrected chi connectivity index (χ2v) is 8.65. The molecule has 3 heterocycles. The summed E-state index contributed by atoms with van der Waals surface area (Å²) < 4.78 is 19.0. The van der Waals surface area contributed by atoms with E-state index in [-0.39, 0.29) is 17.8 Å². The molecule has 2 saturated heterocycles. The Hall–Kier alpha value is -2.28. The van der Waals surface area contributed by atoms with Crippen LogP contribution >= 0.6 is 0 Å². The third-order valence-electron chi connectivity index (χ3n) is 6.56. The first-order chi connectivity index (χ1) is 14.5. The van der Waals surface area contributed by atoms with E-state index in [0.29, 0.717) is 23.2 Å². The van der Waals surface area contributed by atoms with Gasteiger partial charge in [0.1, 0.15) is 5.82 Å². The second kappa shape index (κ2) is 9.25. The molecule has 1 amide bonds. The summed E-state index contributed by atoms with van der Waals surface area (Å²) in [7, 11) is 0. The molecule has 2 aliphatic heterocycles. The van der Waals surface area contributed by atoms with E-state index in [2.05, 4.69) is 26.9 Å². The summed E-state index contributed by atoms with van der Waals surface area (Å²) in [5, 5.41) is 4.09. The van der Waals surface area contributed by atoms with E-state index in [1.807, 2.05) is 0 Å². The zero-order valence-electron chi connectivity index (χ0n) is 17.9. The topological polar surface area (TPSA) is 62.5 Å². The molecular formula is C23H31FN4O2. The molecule has 0 N–H and O–H groups in total. The molecule has 1 unspecified atom stereocenters. The molecule has 0 radical (unpaired) electrons. The average Bonchev–Trinajstić information content (AvgIpc) is 3.10. The number of rotatable bonds is 4. The highest BCUT2D eigenvalue weighted by Crippen LogP contribution is 2.29. The van der Waals surface area contributed by atoms with Gasteiger partial charge in [0.15, 0.2) is 0 Å². The van der Waals surface area contributed by atoms with Crippen LogP contribution in [-0.2, 0) is 4.79 Å². The molecule has 1 aromatic heterocycles.